The van der Waals surface area contributed by atoms with Crippen molar-refractivity contribution in [1.82, 2.24) is 0 Å². The number of nitriles is 1. The van der Waals surface area contributed by atoms with Crippen LogP contribution in [0.5, 0.6) is 0 Å². The summed E-state index contributed by atoms with van der Waals surface area (Å²) in [6.07, 6.45) is 0. The second-order valence-electron chi connectivity index (χ2n) is 4.72. The fourth-order valence-corrected chi connectivity index (χ4v) is 4.65. The third-order valence-corrected chi connectivity index (χ3v) is 5.99. The second kappa shape index (κ2) is 4.58. The van der Waals surface area contributed by atoms with Gasteiger partial charge >= 0.3 is 0 Å². The van der Waals surface area contributed by atoms with Gasteiger partial charge in [-0.25, -0.2) is 12.8 Å². The number of aliphatic hydroxyl groups is 1. The normalized spacial score (nSPS) is 29.8. The van der Waals surface area contributed by atoms with Gasteiger partial charge in [-0.15, -0.1) is 0 Å². The van der Waals surface area contributed by atoms with Gasteiger partial charge in [0, 0.05) is 11.7 Å². The average molecular weight is 283 g/mol. The first-order valence-electron chi connectivity index (χ1n) is 5.92. The van der Waals surface area contributed by atoms with Crippen LogP contribution in [0, 0.1) is 22.6 Å². The van der Waals surface area contributed by atoms with Gasteiger partial charge in [-0.05, 0) is 17.7 Å². The summed E-state index contributed by atoms with van der Waals surface area (Å²) in [7, 11) is -3.47. The monoisotopic (exact) mass is 283 g/mol. The lowest BCUT2D eigenvalue weighted by molar-refractivity contribution is 0.242. The van der Waals surface area contributed by atoms with Crippen LogP contribution in [0.4, 0.5) is 4.39 Å². The summed E-state index contributed by atoms with van der Waals surface area (Å²) in [6.45, 7) is 0.949. The van der Waals surface area contributed by atoms with E-state index in [-0.39, 0.29) is 5.75 Å². The van der Waals surface area contributed by atoms with Crippen LogP contribution in [0.25, 0.3) is 0 Å². The molecule has 6 heteroatoms. The van der Waals surface area contributed by atoms with Crippen LogP contribution in [0.2, 0.25) is 0 Å². The van der Waals surface area contributed by atoms with Crippen molar-refractivity contribution in [2.75, 3.05) is 12.4 Å². The van der Waals surface area contributed by atoms with Crippen molar-refractivity contribution < 1.29 is 17.9 Å². The molecule has 1 fully saturated rings. The molecule has 102 valence electrons. The van der Waals surface area contributed by atoms with Crippen LogP contribution in [0.1, 0.15) is 18.4 Å². The largest absolute Gasteiger partial charge is 0.395 e. The van der Waals surface area contributed by atoms with Crippen molar-refractivity contribution >= 4 is 9.84 Å². The summed E-state index contributed by atoms with van der Waals surface area (Å²) < 4.78 is 37.2. The van der Waals surface area contributed by atoms with Crippen molar-refractivity contribution in [3.05, 3.63) is 35.6 Å². The first kappa shape index (κ1) is 14.0. The number of benzene rings is 1. The predicted octanol–water partition coefficient (Wildman–Crippen LogP) is 1.23. The molecule has 0 spiro atoms. The van der Waals surface area contributed by atoms with Gasteiger partial charge in [0.1, 0.15) is 11.2 Å². The highest BCUT2D eigenvalue weighted by atomic mass is 32.2. The van der Waals surface area contributed by atoms with Gasteiger partial charge in [0.05, 0.1) is 17.9 Å². The molecule has 3 atom stereocenters. The Bertz CT molecular complexity index is 638. The smallest absolute Gasteiger partial charge is 0.155 e. The molecule has 4 nitrogen and oxygen atoms in total. The molecule has 1 aromatic rings. The van der Waals surface area contributed by atoms with E-state index in [1.807, 2.05) is 6.07 Å². The summed E-state index contributed by atoms with van der Waals surface area (Å²) >= 11 is 0. The lowest BCUT2D eigenvalue weighted by atomic mass is 10.0. The SMILES string of the molecule is CCS(=O)(=O)[C@@H]1[C@@H](c2cccc(F)c2)[C@@]1(C#N)CO. The number of hydrogen-bond donors (Lipinski definition) is 1. The minimum atomic E-state index is -3.47. The molecular formula is C13H14FNO3S. The van der Waals surface area contributed by atoms with Crippen LogP contribution in [0.3, 0.4) is 0 Å². The highest BCUT2D eigenvalue weighted by Crippen LogP contribution is 2.62. The Hall–Kier alpha value is -1.45. The topological polar surface area (TPSA) is 78.2 Å². The molecule has 1 aromatic carbocycles. The first-order valence-corrected chi connectivity index (χ1v) is 7.63. The molecule has 1 saturated carbocycles. The molecule has 0 radical (unpaired) electrons. The van der Waals surface area contributed by atoms with Crippen LogP contribution in [0.15, 0.2) is 24.3 Å². The van der Waals surface area contributed by atoms with E-state index in [0.29, 0.717) is 5.56 Å². The van der Waals surface area contributed by atoms with E-state index in [9.17, 15) is 23.2 Å². The Morgan fingerprint density at radius 1 is 1.53 bits per heavy atom. The van der Waals surface area contributed by atoms with Crippen LogP contribution >= 0.6 is 0 Å². The number of hydrogen-bond acceptors (Lipinski definition) is 4. The lowest BCUT2D eigenvalue weighted by Gasteiger charge is -2.03. The van der Waals surface area contributed by atoms with E-state index >= 15 is 0 Å². The van der Waals surface area contributed by atoms with E-state index in [1.54, 1.807) is 6.07 Å². The first-order chi connectivity index (χ1) is 8.93. The fourth-order valence-electron chi connectivity index (χ4n) is 2.64. The number of nitrogens with zero attached hydrogens (tertiary/aromatic N) is 1. The Kier molecular flexibility index (Phi) is 3.37. The minimum Gasteiger partial charge on any atom is -0.395 e. The predicted molar refractivity (Wildman–Crippen MR) is 67.5 cm³/mol. The number of sulfone groups is 1. The highest BCUT2D eigenvalue weighted by molar-refractivity contribution is 7.92. The van der Waals surface area contributed by atoms with Crippen molar-refractivity contribution in [1.29, 1.82) is 5.26 Å². The van der Waals surface area contributed by atoms with E-state index in [4.69, 9.17) is 0 Å². The molecule has 0 amide bonds. The molecule has 1 aliphatic carbocycles. The Morgan fingerprint density at radius 2 is 2.21 bits per heavy atom. The van der Waals surface area contributed by atoms with Crippen molar-refractivity contribution in [2.45, 2.75) is 18.1 Å². The Balaban J connectivity index is 2.49. The lowest BCUT2D eigenvalue weighted by Crippen LogP contribution is -2.19. The van der Waals surface area contributed by atoms with E-state index in [1.165, 1.54) is 25.1 Å². The summed E-state index contributed by atoms with van der Waals surface area (Å²) in [5.74, 6) is -1.25. The third-order valence-electron chi connectivity index (χ3n) is 3.72. The molecule has 0 bridgehead atoms. The number of rotatable bonds is 4. The maximum absolute atomic E-state index is 13.2. The molecule has 0 aliphatic heterocycles. The molecule has 0 unspecified atom stereocenters. The van der Waals surface area contributed by atoms with Crippen molar-refractivity contribution in [2.24, 2.45) is 5.41 Å². The summed E-state index contributed by atoms with van der Waals surface area (Å²) in [4.78, 5) is 0. The van der Waals surface area contributed by atoms with Crippen molar-refractivity contribution in [3.8, 4) is 6.07 Å². The number of aliphatic hydroxyl groups excluding tert-OH is 1. The molecule has 1 aliphatic rings. The molecular weight excluding hydrogens is 269 g/mol. The maximum atomic E-state index is 13.2. The Morgan fingerprint density at radius 3 is 2.68 bits per heavy atom. The van der Waals surface area contributed by atoms with Crippen LogP contribution in [-0.4, -0.2) is 31.1 Å². The summed E-state index contributed by atoms with van der Waals surface area (Å²) in [5.41, 5.74) is -0.902. The second-order valence-corrected chi connectivity index (χ2v) is 7.13. The molecule has 0 heterocycles. The van der Waals surface area contributed by atoms with Gasteiger partial charge in [-0.2, -0.15) is 5.26 Å². The average Bonchev–Trinajstić information content (AvgIpc) is 3.09. The van der Waals surface area contributed by atoms with Gasteiger partial charge in [-0.3, -0.25) is 0 Å². The van der Waals surface area contributed by atoms with Gasteiger partial charge in [-0.1, -0.05) is 19.1 Å². The van der Waals surface area contributed by atoms with Crippen molar-refractivity contribution in [3.63, 3.8) is 0 Å². The van der Waals surface area contributed by atoms with E-state index < -0.39 is 38.8 Å². The highest BCUT2D eigenvalue weighted by Gasteiger charge is 2.71. The summed E-state index contributed by atoms with van der Waals surface area (Å²) in [6, 6.07) is 7.44. The zero-order valence-electron chi connectivity index (χ0n) is 10.4. The summed E-state index contributed by atoms with van der Waals surface area (Å²) in [5, 5.41) is 17.7. The maximum Gasteiger partial charge on any atom is 0.155 e. The standard InChI is InChI=1S/C13H14FNO3S/c1-2-19(17,18)12-11(13(12,7-15)8-16)9-4-3-5-10(14)6-9/h3-6,11-12,16H,2,8H2,1H3/t11-,12-,13-/m1/s1. The van der Waals surface area contributed by atoms with Gasteiger partial charge in [0.25, 0.3) is 0 Å². The van der Waals surface area contributed by atoms with Gasteiger partial charge in [0.2, 0.25) is 0 Å². The Labute approximate surface area is 111 Å². The van der Waals surface area contributed by atoms with Crippen LogP contribution in [-0.2, 0) is 9.84 Å². The number of halogens is 1. The molecule has 19 heavy (non-hydrogen) atoms. The van der Waals surface area contributed by atoms with E-state index in [2.05, 4.69) is 0 Å². The van der Waals surface area contributed by atoms with Gasteiger partial charge in [0.15, 0.2) is 9.84 Å². The molecule has 0 aromatic heterocycles. The molecule has 2 rings (SSSR count). The van der Waals surface area contributed by atoms with Gasteiger partial charge < -0.3 is 5.11 Å². The zero-order valence-corrected chi connectivity index (χ0v) is 11.2. The minimum absolute atomic E-state index is 0.104. The van der Waals surface area contributed by atoms with E-state index in [0.717, 1.165) is 0 Å². The zero-order chi connectivity index (χ0) is 14.3. The fraction of sp³-hybridized carbons (Fsp3) is 0.462. The third kappa shape index (κ3) is 2.03. The quantitative estimate of drug-likeness (QED) is 0.901. The molecule has 1 N–H and O–H groups in total. The molecule has 0 saturated heterocycles. The van der Waals surface area contributed by atoms with Crippen LogP contribution < -0.4 is 0 Å².